The van der Waals surface area contributed by atoms with Crippen LogP contribution in [0.5, 0.6) is 11.5 Å². The fourth-order valence-electron chi connectivity index (χ4n) is 1.89. The van der Waals surface area contributed by atoms with Crippen LogP contribution in [-0.4, -0.2) is 25.0 Å². The van der Waals surface area contributed by atoms with Gasteiger partial charge in [0, 0.05) is 11.8 Å². The van der Waals surface area contributed by atoms with E-state index in [1.165, 1.54) is 24.4 Å². The van der Waals surface area contributed by atoms with Crippen molar-refractivity contribution in [2.45, 2.75) is 0 Å². The highest BCUT2D eigenvalue weighted by Gasteiger charge is 2.08. The van der Waals surface area contributed by atoms with E-state index >= 15 is 0 Å². The maximum Gasteiger partial charge on any atom is 0.217 e. The van der Waals surface area contributed by atoms with Crippen LogP contribution in [0.25, 0.3) is 0 Å². The summed E-state index contributed by atoms with van der Waals surface area (Å²) in [5.74, 6) is 0.831. The molecule has 0 heterocycles. The Hall–Kier alpha value is -2.78. The van der Waals surface area contributed by atoms with Gasteiger partial charge in [-0.05, 0) is 67.8 Å². The minimum Gasteiger partial charge on any atom is -0.457 e. The minimum absolute atomic E-state index is 0.260. The van der Waals surface area contributed by atoms with Gasteiger partial charge in [0.25, 0.3) is 0 Å². The lowest BCUT2D eigenvalue weighted by Gasteiger charge is -2.25. The predicted octanol–water partition coefficient (Wildman–Crippen LogP) is 5.01. The van der Waals surface area contributed by atoms with Gasteiger partial charge >= 0.3 is 0 Å². The second-order valence-corrected chi connectivity index (χ2v) is 9.50. The van der Waals surface area contributed by atoms with Crippen LogP contribution in [0.1, 0.15) is 11.1 Å². The minimum atomic E-state index is -1.25. The smallest absolute Gasteiger partial charge is 0.217 e. The molecule has 0 aliphatic rings. The van der Waals surface area contributed by atoms with Crippen molar-refractivity contribution in [2.75, 3.05) is 18.8 Å². The van der Waals surface area contributed by atoms with Gasteiger partial charge in [0.15, 0.2) is 0 Å². The molecule has 0 aromatic heterocycles. The maximum atomic E-state index is 13.6. The number of hydrogen-bond donors (Lipinski definition) is 0. The van der Waals surface area contributed by atoms with Crippen LogP contribution in [0.2, 0.25) is 0 Å². The molecule has 4 nitrogen and oxygen atoms in total. The van der Waals surface area contributed by atoms with Gasteiger partial charge in [-0.15, -0.1) is 0 Å². The van der Waals surface area contributed by atoms with Gasteiger partial charge in [0.05, 0.1) is 11.6 Å². The Kier molecular flexibility index (Phi) is 5.84. The Balaban J connectivity index is 2.22. The van der Waals surface area contributed by atoms with Gasteiger partial charge in [0.2, 0.25) is 5.88 Å². The molecule has 0 amide bonds. The predicted molar refractivity (Wildman–Crippen MR) is 101 cm³/mol. The Labute approximate surface area is 148 Å². The van der Waals surface area contributed by atoms with E-state index in [-0.39, 0.29) is 5.88 Å². The van der Waals surface area contributed by atoms with E-state index in [9.17, 15) is 4.39 Å². The molecule has 0 atom stereocenters. The van der Waals surface area contributed by atoms with Gasteiger partial charge in [-0.25, -0.2) is 9.38 Å². The number of rotatable bonds is 6. The van der Waals surface area contributed by atoms with Crippen LogP contribution >= 0.6 is 10.3 Å². The van der Waals surface area contributed by atoms with Crippen molar-refractivity contribution in [3.05, 3.63) is 71.9 Å². The number of hydrogen-bond acceptors (Lipinski definition) is 4. The van der Waals surface area contributed by atoms with Gasteiger partial charge < -0.3 is 8.92 Å². The van der Waals surface area contributed by atoms with E-state index in [0.717, 1.165) is 0 Å². The highest BCUT2D eigenvalue weighted by Crippen LogP contribution is 2.38. The van der Waals surface area contributed by atoms with Crippen LogP contribution in [0.15, 0.2) is 59.9 Å². The quantitative estimate of drug-likeness (QED) is 0.539. The summed E-state index contributed by atoms with van der Waals surface area (Å²) in [4.78, 5) is 4.14. The fraction of sp³-hybridized carbons (Fsp3) is 0.158. The molecule has 0 bridgehead atoms. The standard InChI is InChI=1S/C19H19FN2O2S/c1-14(24-25(2,3)4)22-13-16-11-17(20)7-10-19(16)23-18-8-5-15(12-21)6-9-18/h5-11,13H,1H2,2-4H3/b22-13+. The normalized spacial score (nSPS) is 11.8. The van der Waals surface area contributed by atoms with Crippen LogP contribution in [0.4, 0.5) is 4.39 Å². The van der Waals surface area contributed by atoms with Crippen LogP contribution in [0, 0.1) is 17.1 Å². The van der Waals surface area contributed by atoms with Gasteiger partial charge in [-0.1, -0.05) is 10.3 Å². The second kappa shape index (κ2) is 7.86. The molecular weight excluding hydrogens is 339 g/mol. The first kappa shape index (κ1) is 18.6. The zero-order valence-electron chi connectivity index (χ0n) is 14.3. The summed E-state index contributed by atoms with van der Waals surface area (Å²) >= 11 is 0. The van der Waals surface area contributed by atoms with Gasteiger partial charge in [-0.3, -0.25) is 0 Å². The molecule has 0 radical (unpaired) electrons. The number of halogens is 1. The maximum absolute atomic E-state index is 13.6. The molecule has 2 aromatic rings. The molecule has 2 rings (SSSR count). The van der Waals surface area contributed by atoms with Crippen LogP contribution in [0.3, 0.4) is 0 Å². The van der Waals surface area contributed by atoms with E-state index in [1.807, 2.05) is 24.8 Å². The topological polar surface area (TPSA) is 54.6 Å². The van der Waals surface area contributed by atoms with Crippen molar-refractivity contribution in [1.29, 1.82) is 5.26 Å². The summed E-state index contributed by atoms with van der Waals surface area (Å²) in [5, 5.41) is 8.83. The van der Waals surface area contributed by atoms with E-state index in [0.29, 0.717) is 22.6 Å². The number of nitrogens with zero attached hydrogens (tertiary/aromatic N) is 2. The first-order chi connectivity index (χ1) is 11.8. The fourth-order valence-corrected chi connectivity index (χ4v) is 2.51. The Morgan fingerprint density at radius 1 is 1.20 bits per heavy atom. The molecule has 0 saturated carbocycles. The molecule has 130 valence electrons. The molecule has 0 saturated heterocycles. The zero-order chi connectivity index (χ0) is 18.4. The molecule has 0 aliphatic heterocycles. The third kappa shape index (κ3) is 5.98. The van der Waals surface area contributed by atoms with Crippen molar-refractivity contribution in [3.63, 3.8) is 0 Å². The molecule has 25 heavy (non-hydrogen) atoms. The third-order valence-electron chi connectivity index (χ3n) is 2.88. The number of nitriles is 1. The summed E-state index contributed by atoms with van der Waals surface area (Å²) in [6, 6.07) is 12.8. The lowest BCUT2D eigenvalue weighted by atomic mass is 10.2. The van der Waals surface area contributed by atoms with E-state index in [1.54, 1.807) is 24.3 Å². The molecule has 0 N–H and O–H groups in total. The van der Waals surface area contributed by atoms with Crippen molar-refractivity contribution in [3.8, 4) is 17.6 Å². The van der Waals surface area contributed by atoms with E-state index < -0.39 is 16.1 Å². The Bertz CT molecular complexity index is 834. The second-order valence-electron chi connectivity index (χ2n) is 5.88. The number of ether oxygens (including phenoxy) is 1. The Morgan fingerprint density at radius 3 is 2.48 bits per heavy atom. The molecule has 6 heteroatoms. The molecule has 0 unspecified atom stereocenters. The van der Waals surface area contributed by atoms with E-state index in [4.69, 9.17) is 14.2 Å². The largest absolute Gasteiger partial charge is 0.457 e. The lowest BCUT2D eigenvalue weighted by molar-refractivity contribution is 0.478. The first-order valence-electron chi connectivity index (χ1n) is 7.35. The third-order valence-corrected chi connectivity index (χ3v) is 3.57. The summed E-state index contributed by atoms with van der Waals surface area (Å²) in [5.41, 5.74) is 0.990. The Morgan fingerprint density at radius 2 is 1.88 bits per heavy atom. The highest BCUT2D eigenvalue weighted by atomic mass is 32.3. The average Bonchev–Trinajstić information content (AvgIpc) is 2.54. The molecule has 0 aliphatic carbocycles. The van der Waals surface area contributed by atoms with Gasteiger partial charge in [0.1, 0.15) is 17.3 Å². The van der Waals surface area contributed by atoms with Crippen molar-refractivity contribution in [1.82, 2.24) is 0 Å². The van der Waals surface area contributed by atoms with Crippen LogP contribution < -0.4 is 4.74 Å². The van der Waals surface area contributed by atoms with Gasteiger partial charge in [-0.2, -0.15) is 5.26 Å². The number of benzene rings is 2. The molecule has 0 spiro atoms. The monoisotopic (exact) mass is 358 g/mol. The van der Waals surface area contributed by atoms with Crippen molar-refractivity contribution >= 4 is 16.5 Å². The first-order valence-corrected chi connectivity index (χ1v) is 10.1. The van der Waals surface area contributed by atoms with Crippen molar-refractivity contribution < 1.29 is 13.3 Å². The molecule has 2 aromatic carbocycles. The van der Waals surface area contributed by atoms with E-state index in [2.05, 4.69) is 11.6 Å². The molecule has 0 fully saturated rings. The SMILES string of the molecule is C=C(/N=C/c1cc(F)ccc1Oc1ccc(C#N)cc1)OS(C)(C)C. The summed E-state index contributed by atoms with van der Waals surface area (Å²) in [7, 11) is -1.25. The summed E-state index contributed by atoms with van der Waals surface area (Å²) < 4.78 is 24.9. The summed E-state index contributed by atoms with van der Waals surface area (Å²) in [6.45, 7) is 3.75. The number of aliphatic imine (C=N–C) groups is 1. The van der Waals surface area contributed by atoms with Crippen LogP contribution in [-0.2, 0) is 4.18 Å². The molecular formula is C19H19FN2O2S. The lowest BCUT2D eigenvalue weighted by Crippen LogP contribution is -1.97. The van der Waals surface area contributed by atoms with Crippen molar-refractivity contribution in [2.24, 2.45) is 4.99 Å². The summed E-state index contributed by atoms with van der Waals surface area (Å²) in [6.07, 6.45) is 7.36. The average molecular weight is 358 g/mol. The zero-order valence-corrected chi connectivity index (χ0v) is 15.1. The highest BCUT2D eigenvalue weighted by molar-refractivity contribution is 8.28.